The molecule has 2 aromatic carbocycles. The fourth-order valence-electron chi connectivity index (χ4n) is 2.47. The molecule has 8 heteroatoms. The molecule has 0 fully saturated rings. The summed E-state index contributed by atoms with van der Waals surface area (Å²) in [5, 5.41) is 11.0. The fraction of sp³-hybridized carbons (Fsp3) is 0.176. The van der Waals surface area contributed by atoms with Gasteiger partial charge in [-0.3, -0.25) is 24.6 Å². The van der Waals surface area contributed by atoms with E-state index in [1.807, 2.05) is 0 Å². The molecule has 0 saturated heterocycles. The van der Waals surface area contributed by atoms with Gasteiger partial charge in [-0.1, -0.05) is 24.3 Å². The van der Waals surface area contributed by atoms with Gasteiger partial charge < -0.3 is 9.47 Å². The molecule has 8 nitrogen and oxygen atoms in total. The van der Waals surface area contributed by atoms with Crippen LogP contribution in [0.4, 0.5) is 11.4 Å². The zero-order valence-corrected chi connectivity index (χ0v) is 13.1. The molecule has 0 atom stereocenters. The third-order valence-corrected chi connectivity index (χ3v) is 3.67. The van der Waals surface area contributed by atoms with Crippen LogP contribution in [0.5, 0.6) is 5.75 Å². The van der Waals surface area contributed by atoms with Crippen molar-refractivity contribution in [3.63, 3.8) is 0 Å². The Kier molecular flexibility index (Phi) is 4.60. The van der Waals surface area contributed by atoms with Crippen molar-refractivity contribution in [2.24, 2.45) is 0 Å². The van der Waals surface area contributed by atoms with E-state index in [9.17, 15) is 19.7 Å². The van der Waals surface area contributed by atoms with Crippen LogP contribution in [-0.2, 0) is 20.9 Å². The van der Waals surface area contributed by atoms with E-state index in [0.717, 1.165) is 0 Å². The van der Waals surface area contributed by atoms with Crippen molar-refractivity contribution < 1.29 is 24.0 Å². The average Bonchev–Trinajstić information content (AvgIpc) is 2.62. The van der Waals surface area contributed by atoms with E-state index in [1.165, 1.54) is 23.1 Å². The van der Waals surface area contributed by atoms with Crippen LogP contribution in [0.15, 0.2) is 48.5 Å². The molecule has 0 aromatic heterocycles. The first kappa shape index (κ1) is 16.4. The van der Waals surface area contributed by atoms with Crippen LogP contribution in [0.3, 0.4) is 0 Å². The number of anilines is 1. The van der Waals surface area contributed by atoms with Gasteiger partial charge in [-0.25, -0.2) is 0 Å². The van der Waals surface area contributed by atoms with Gasteiger partial charge in [0.05, 0.1) is 16.2 Å². The number of hydrogen-bond donors (Lipinski definition) is 0. The SMILES string of the molecule is O=C(CN1C(=O)COc2ccccc21)OCc1ccccc1[N+](=O)[O-]. The fourth-order valence-corrected chi connectivity index (χ4v) is 2.47. The van der Waals surface area contributed by atoms with Crippen LogP contribution < -0.4 is 9.64 Å². The van der Waals surface area contributed by atoms with Gasteiger partial charge >= 0.3 is 5.97 Å². The third kappa shape index (κ3) is 3.57. The van der Waals surface area contributed by atoms with Crippen LogP contribution in [-0.4, -0.2) is 30.0 Å². The van der Waals surface area contributed by atoms with E-state index in [1.54, 1.807) is 30.3 Å². The molecule has 2 aromatic rings. The Balaban J connectivity index is 1.68. The van der Waals surface area contributed by atoms with Crippen LogP contribution >= 0.6 is 0 Å². The number of fused-ring (bicyclic) bond motifs is 1. The van der Waals surface area contributed by atoms with Gasteiger partial charge in [-0.15, -0.1) is 0 Å². The van der Waals surface area contributed by atoms with Crippen molar-refractivity contribution in [3.8, 4) is 5.75 Å². The molecular weight excluding hydrogens is 328 g/mol. The van der Waals surface area contributed by atoms with E-state index in [2.05, 4.69) is 0 Å². The Bertz CT molecular complexity index is 835. The van der Waals surface area contributed by atoms with Crippen LogP contribution in [0.1, 0.15) is 5.56 Å². The van der Waals surface area contributed by atoms with Crippen LogP contribution in [0, 0.1) is 10.1 Å². The van der Waals surface area contributed by atoms with Gasteiger partial charge in [-0.05, 0) is 18.2 Å². The second-order valence-electron chi connectivity index (χ2n) is 5.28. The molecule has 1 aliphatic heterocycles. The number of nitrogens with zero attached hydrogens (tertiary/aromatic N) is 2. The summed E-state index contributed by atoms with van der Waals surface area (Å²) in [6.07, 6.45) is 0. The van der Waals surface area contributed by atoms with Gasteiger partial charge in [0.15, 0.2) is 6.61 Å². The molecule has 25 heavy (non-hydrogen) atoms. The summed E-state index contributed by atoms with van der Waals surface area (Å²) in [5.41, 5.74) is 0.652. The van der Waals surface area contributed by atoms with E-state index in [4.69, 9.17) is 9.47 Å². The summed E-state index contributed by atoms with van der Waals surface area (Å²) < 4.78 is 10.4. The maximum Gasteiger partial charge on any atom is 0.326 e. The number of nitro groups is 1. The Hall–Kier alpha value is -3.42. The highest BCUT2D eigenvalue weighted by molar-refractivity contribution is 6.01. The molecule has 1 amide bonds. The zero-order valence-electron chi connectivity index (χ0n) is 13.1. The number of carbonyl (C=O) groups excluding carboxylic acids is 2. The van der Waals surface area contributed by atoms with Gasteiger partial charge in [0.1, 0.15) is 18.9 Å². The van der Waals surface area contributed by atoms with E-state index in [0.29, 0.717) is 11.4 Å². The molecule has 0 N–H and O–H groups in total. The molecule has 0 radical (unpaired) electrons. The number of para-hydroxylation sites is 3. The monoisotopic (exact) mass is 342 g/mol. The second kappa shape index (κ2) is 7.00. The first-order valence-electron chi connectivity index (χ1n) is 7.46. The van der Waals surface area contributed by atoms with Crippen molar-refractivity contribution in [2.45, 2.75) is 6.61 Å². The predicted molar refractivity (Wildman–Crippen MR) is 87.2 cm³/mol. The molecule has 1 aliphatic rings. The molecule has 1 heterocycles. The van der Waals surface area contributed by atoms with Gasteiger partial charge in [0, 0.05) is 6.07 Å². The number of carbonyl (C=O) groups is 2. The van der Waals surface area contributed by atoms with Crippen molar-refractivity contribution in [1.82, 2.24) is 0 Å². The minimum Gasteiger partial charge on any atom is -0.482 e. The molecular formula is C17H14N2O6. The summed E-state index contributed by atoms with van der Waals surface area (Å²) in [6, 6.07) is 12.9. The van der Waals surface area contributed by atoms with Crippen LogP contribution in [0.25, 0.3) is 0 Å². The number of nitro benzene ring substituents is 1. The second-order valence-corrected chi connectivity index (χ2v) is 5.28. The lowest BCUT2D eigenvalue weighted by molar-refractivity contribution is -0.385. The topological polar surface area (TPSA) is 99.0 Å². The molecule has 0 spiro atoms. The Labute approximate surface area is 142 Å². The molecule has 3 rings (SSSR count). The van der Waals surface area contributed by atoms with Gasteiger partial charge in [-0.2, -0.15) is 0 Å². The smallest absolute Gasteiger partial charge is 0.326 e. The van der Waals surface area contributed by atoms with Crippen molar-refractivity contribution in [3.05, 3.63) is 64.2 Å². The van der Waals surface area contributed by atoms with Gasteiger partial charge in [0.2, 0.25) is 0 Å². The van der Waals surface area contributed by atoms with E-state index >= 15 is 0 Å². The number of esters is 1. The molecule has 128 valence electrons. The third-order valence-electron chi connectivity index (χ3n) is 3.67. The molecule has 0 aliphatic carbocycles. The quantitative estimate of drug-likeness (QED) is 0.468. The maximum absolute atomic E-state index is 12.1. The Morgan fingerprint density at radius 3 is 2.72 bits per heavy atom. The maximum atomic E-state index is 12.1. The lowest BCUT2D eigenvalue weighted by Crippen LogP contribution is -2.42. The van der Waals surface area contributed by atoms with Crippen molar-refractivity contribution in [1.29, 1.82) is 0 Å². The number of ether oxygens (including phenoxy) is 2. The summed E-state index contributed by atoms with van der Waals surface area (Å²) in [7, 11) is 0. The highest BCUT2D eigenvalue weighted by Crippen LogP contribution is 2.31. The summed E-state index contributed by atoms with van der Waals surface area (Å²) in [5.74, 6) is -0.516. The number of amides is 1. The van der Waals surface area contributed by atoms with Crippen molar-refractivity contribution >= 4 is 23.3 Å². The minimum absolute atomic E-state index is 0.122. The summed E-state index contributed by atoms with van der Waals surface area (Å²) >= 11 is 0. The minimum atomic E-state index is -0.664. The number of hydrogen-bond acceptors (Lipinski definition) is 6. The summed E-state index contributed by atoms with van der Waals surface area (Å²) in [6.45, 7) is -0.690. The molecule has 0 bridgehead atoms. The predicted octanol–water partition coefficient (Wildman–Crippen LogP) is 2.06. The number of rotatable bonds is 5. The van der Waals surface area contributed by atoms with Gasteiger partial charge in [0.25, 0.3) is 11.6 Å². The van der Waals surface area contributed by atoms with E-state index < -0.39 is 10.9 Å². The Morgan fingerprint density at radius 1 is 1.20 bits per heavy atom. The largest absolute Gasteiger partial charge is 0.482 e. The highest BCUT2D eigenvalue weighted by Gasteiger charge is 2.27. The molecule has 0 unspecified atom stereocenters. The lowest BCUT2D eigenvalue weighted by atomic mass is 10.2. The van der Waals surface area contributed by atoms with E-state index in [-0.39, 0.29) is 36.9 Å². The highest BCUT2D eigenvalue weighted by atomic mass is 16.6. The number of benzene rings is 2. The zero-order chi connectivity index (χ0) is 17.8. The lowest BCUT2D eigenvalue weighted by Gasteiger charge is -2.28. The van der Waals surface area contributed by atoms with Crippen LogP contribution in [0.2, 0.25) is 0 Å². The Morgan fingerprint density at radius 2 is 1.92 bits per heavy atom. The normalized spacial score (nSPS) is 13.0. The first-order chi connectivity index (χ1) is 12.1. The summed E-state index contributed by atoms with van der Waals surface area (Å²) in [4.78, 5) is 35.8. The average molecular weight is 342 g/mol. The first-order valence-corrected chi connectivity index (χ1v) is 7.46. The van der Waals surface area contributed by atoms with Crippen molar-refractivity contribution in [2.75, 3.05) is 18.1 Å². The molecule has 0 saturated carbocycles. The standard InChI is InChI=1S/C17H14N2O6/c20-16-11-24-15-8-4-3-7-14(15)18(16)9-17(21)25-10-12-5-1-2-6-13(12)19(22)23/h1-8H,9-11H2.